The van der Waals surface area contributed by atoms with Crippen molar-refractivity contribution in [2.24, 2.45) is 0 Å². The van der Waals surface area contributed by atoms with E-state index in [-0.39, 0.29) is 12.5 Å². The largest absolute Gasteiger partial charge is 0.489 e. The van der Waals surface area contributed by atoms with E-state index in [0.717, 1.165) is 44.1 Å². The van der Waals surface area contributed by atoms with E-state index in [1.54, 1.807) is 37.3 Å². The Labute approximate surface area is 187 Å². The number of carbonyl (C=O) groups excluding carboxylic acids is 1. The van der Waals surface area contributed by atoms with Crippen LogP contribution in [-0.4, -0.2) is 16.0 Å². The first-order valence-corrected chi connectivity index (χ1v) is 10.9. The van der Waals surface area contributed by atoms with Gasteiger partial charge in [0.05, 0.1) is 11.6 Å². The van der Waals surface area contributed by atoms with Gasteiger partial charge in [-0.1, -0.05) is 55.1 Å². The summed E-state index contributed by atoms with van der Waals surface area (Å²) in [5.41, 5.74) is 1.25. The number of aromatic nitrogens is 2. The number of rotatable bonds is 6. The number of nitriles is 1. The fourth-order valence-corrected chi connectivity index (χ4v) is 4.16. The Balaban J connectivity index is 1.51. The topological polar surface area (TPSA) is 101 Å². The first-order valence-electron chi connectivity index (χ1n) is 10.9. The van der Waals surface area contributed by atoms with Gasteiger partial charge >= 0.3 is 0 Å². The van der Waals surface area contributed by atoms with E-state index in [0.29, 0.717) is 28.6 Å². The molecular weight excluding hydrogens is 404 g/mol. The van der Waals surface area contributed by atoms with E-state index in [2.05, 4.69) is 21.5 Å². The van der Waals surface area contributed by atoms with Crippen LogP contribution in [0.2, 0.25) is 0 Å². The summed E-state index contributed by atoms with van der Waals surface area (Å²) < 4.78 is 11.1. The van der Waals surface area contributed by atoms with Crippen LogP contribution in [0.15, 0.2) is 53.1 Å². The summed E-state index contributed by atoms with van der Waals surface area (Å²) >= 11 is 0. The number of nitrogens with zero attached hydrogens (tertiary/aromatic N) is 3. The predicted molar refractivity (Wildman–Crippen MR) is 118 cm³/mol. The maximum atomic E-state index is 13.2. The van der Waals surface area contributed by atoms with Crippen molar-refractivity contribution in [1.29, 1.82) is 5.26 Å². The molecule has 1 saturated carbocycles. The van der Waals surface area contributed by atoms with Gasteiger partial charge in [0.25, 0.3) is 5.91 Å². The second-order valence-electron chi connectivity index (χ2n) is 8.17. The predicted octanol–water partition coefficient (Wildman–Crippen LogP) is 4.81. The molecule has 0 unspecified atom stereocenters. The maximum absolute atomic E-state index is 13.2. The molecule has 0 atom stereocenters. The van der Waals surface area contributed by atoms with Gasteiger partial charge in [0.2, 0.25) is 5.89 Å². The van der Waals surface area contributed by atoms with Crippen LogP contribution in [0.3, 0.4) is 0 Å². The molecule has 0 aliphatic heterocycles. The highest BCUT2D eigenvalue weighted by Gasteiger charge is 2.39. The third-order valence-corrected chi connectivity index (χ3v) is 5.89. The number of benzene rings is 2. The zero-order chi connectivity index (χ0) is 22.4. The standard InChI is InChI=1S/C25H26N4O3/c1-18-27-24(29-32-18)25(13-6-2-3-7-14-25)28-23(30)19-11-8-12-22(15-19)31-17-21-10-5-4-9-20(21)16-26/h4-5,8-12,15H,2-3,6-7,13-14,17H2,1H3,(H,28,30). The van der Waals surface area contributed by atoms with Gasteiger partial charge in [0, 0.05) is 18.1 Å². The number of hydrogen-bond donors (Lipinski definition) is 1. The monoisotopic (exact) mass is 430 g/mol. The molecule has 0 saturated heterocycles. The van der Waals surface area contributed by atoms with Crippen LogP contribution in [0, 0.1) is 18.3 Å². The van der Waals surface area contributed by atoms with Crippen molar-refractivity contribution in [1.82, 2.24) is 15.5 Å². The third kappa shape index (κ3) is 4.80. The molecule has 1 aliphatic rings. The van der Waals surface area contributed by atoms with Crippen molar-refractivity contribution in [3.8, 4) is 11.8 Å². The second-order valence-corrected chi connectivity index (χ2v) is 8.17. The molecule has 0 radical (unpaired) electrons. The van der Waals surface area contributed by atoms with Crippen molar-refractivity contribution in [2.75, 3.05) is 0 Å². The first-order chi connectivity index (χ1) is 15.6. The Morgan fingerprint density at radius 1 is 1.16 bits per heavy atom. The fraction of sp³-hybridized carbons (Fsp3) is 0.360. The van der Waals surface area contributed by atoms with Crippen LogP contribution >= 0.6 is 0 Å². The lowest BCUT2D eigenvalue weighted by Crippen LogP contribution is -2.46. The SMILES string of the molecule is Cc1nc(C2(NC(=O)c3cccc(OCc4ccccc4C#N)c3)CCCCCC2)no1. The van der Waals surface area contributed by atoms with Crippen LogP contribution in [-0.2, 0) is 12.1 Å². The molecule has 1 aliphatic carbocycles. The molecule has 1 heterocycles. The van der Waals surface area contributed by atoms with E-state index in [1.807, 2.05) is 18.2 Å². The Hall–Kier alpha value is -3.66. The van der Waals surface area contributed by atoms with Crippen LogP contribution < -0.4 is 10.1 Å². The van der Waals surface area contributed by atoms with Crippen LogP contribution in [0.5, 0.6) is 5.75 Å². The molecule has 1 fully saturated rings. The van der Waals surface area contributed by atoms with Gasteiger partial charge in [-0.15, -0.1) is 0 Å². The maximum Gasteiger partial charge on any atom is 0.252 e. The lowest BCUT2D eigenvalue weighted by molar-refractivity contribution is 0.0876. The van der Waals surface area contributed by atoms with Gasteiger partial charge < -0.3 is 14.6 Å². The summed E-state index contributed by atoms with van der Waals surface area (Å²) in [6.45, 7) is 2.01. The van der Waals surface area contributed by atoms with Crippen molar-refractivity contribution < 1.29 is 14.1 Å². The second kappa shape index (κ2) is 9.65. The van der Waals surface area contributed by atoms with Crippen molar-refractivity contribution in [3.05, 3.63) is 76.9 Å². The zero-order valence-electron chi connectivity index (χ0n) is 18.1. The Kier molecular flexibility index (Phi) is 6.50. The van der Waals surface area contributed by atoms with Gasteiger partial charge in [-0.2, -0.15) is 10.2 Å². The number of aryl methyl sites for hydroxylation is 1. The number of hydrogen-bond acceptors (Lipinski definition) is 6. The van der Waals surface area contributed by atoms with Gasteiger partial charge in [-0.3, -0.25) is 4.79 Å². The van der Waals surface area contributed by atoms with E-state index < -0.39 is 5.54 Å². The van der Waals surface area contributed by atoms with E-state index >= 15 is 0 Å². The highest BCUT2D eigenvalue weighted by Crippen LogP contribution is 2.35. The Bertz CT molecular complexity index is 1120. The summed E-state index contributed by atoms with van der Waals surface area (Å²) in [4.78, 5) is 17.7. The molecule has 0 bridgehead atoms. The van der Waals surface area contributed by atoms with Crippen LogP contribution in [0.4, 0.5) is 0 Å². The van der Waals surface area contributed by atoms with Gasteiger partial charge in [0.15, 0.2) is 5.82 Å². The molecule has 1 N–H and O–H groups in total. The summed E-state index contributed by atoms with van der Waals surface area (Å²) in [5.74, 6) is 1.41. The Morgan fingerprint density at radius 3 is 2.66 bits per heavy atom. The Morgan fingerprint density at radius 2 is 1.94 bits per heavy atom. The minimum Gasteiger partial charge on any atom is -0.489 e. The third-order valence-electron chi connectivity index (χ3n) is 5.89. The molecule has 32 heavy (non-hydrogen) atoms. The molecule has 2 aromatic carbocycles. The lowest BCUT2D eigenvalue weighted by atomic mass is 9.88. The normalized spacial score (nSPS) is 15.4. The number of amides is 1. The van der Waals surface area contributed by atoms with Gasteiger partial charge in [-0.25, -0.2) is 0 Å². The first kappa shape index (κ1) is 21.6. The van der Waals surface area contributed by atoms with Crippen molar-refractivity contribution >= 4 is 5.91 Å². The average Bonchev–Trinajstić information content (AvgIpc) is 3.13. The van der Waals surface area contributed by atoms with Crippen molar-refractivity contribution in [3.63, 3.8) is 0 Å². The van der Waals surface area contributed by atoms with E-state index in [1.165, 1.54) is 0 Å². The van der Waals surface area contributed by atoms with Gasteiger partial charge in [-0.05, 0) is 37.1 Å². The molecule has 7 nitrogen and oxygen atoms in total. The minimum atomic E-state index is -0.631. The summed E-state index contributed by atoms with van der Waals surface area (Å²) in [6, 6.07) is 16.5. The van der Waals surface area contributed by atoms with Gasteiger partial charge in [0.1, 0.15) is 17.9 Å². The molecule has 1 aromatic heterocycles. The van der Waals surface area contributed by atoms with Crippen LogP contribution in [0.25, 0.3) is 0 Å². The molecular formula is C25H26N4O3. The number of ether oxygens (including phenoxy) is 1. The van der Waals surface area contributed by atoms with Crippen LogP contribution in [0.1, 0.15) is 71.7 Å². The highest BCUT2D eigenvalue weighted by molar-refractivity contribution is 5.95. The lowest BCUT2D eigenvalue weighted by Gasteiger charge is -2.30. The quantitative estimate of drug-likeness (QED) is 0.563. The molecule has 0 spiro atoms. The zero-order valence-corrected chi connectivity index (χ0v) is 18.1. The summed E-state index contributed by atoms with van der Waals surface area (Å²) in [5, 5.41) is 16.6. The highest BCUT2D eigenvalue weighted by atomic mass is 16.5. The number of carbonyl (C=O) groups is 1. The molecule has 3 aromatic rings. The smallest absolute Gasteiger partial charge is 0.252 e. The average molecular weight is 431 g/mol. The summed E-state index contributed by atoms with van der Waals surface area (Å²) in [6.07, 6.45) is 5.80. The minimum absolute atomic E-state index is 0.197. The molecule has 7 heteroatoms. The van der Waals surface area contributed by atoms with Crippen molar-refractivity contribution in [2.45, 2.75) is 57.6 Å². The molecule has 1 amide bonds. The van der Waals surface area contributed by atoms with E-state index in [4.69, 9.17) is 9.26 Å². The molecule has 164 valence electrons. The fourth-order valence-electron chi connectivity index (χ4n) is 4.16. The molecule has 4 rings (SSSR count). The number of nitrogens with one attached hydrogen (secondary N) is 1. The summed E-state index contributed by atoms with van der Waals surface area (Å²) in [7, 11) is 0. The van der Waals surface area contributed by atoms with E-state index in [9.17, 15) is 10.1 Å².